The van der Waals surface area contributed by atoms with Crippen molar-refractivity contribution in [1.82, 2.24) is 0 Å². The smallest absolute Gasteiger partial charge is 0.174 e. The van der Waals surface area contributed by atoms with Crippen molar-refractivity contribution in [2.75, 3.05) is 6.61 Å². The van der Waals surface area contributed by atoms with E-state index >= 15 is 0 Å². The Morgan fingerprint density at radius 1 is 1.12 bits per heavy atom. The Balaban J connectivity index is 1.97. The molecule has 0 aromatic heterocycles. The van der Waals surface area contributed by atoms with Gasteiger partial charge in [0.25, 0.3) is 0 Å². The number of rotatable bonds is 3. The summed E-state index contributed by atoms with van der Waals surface area (Å²) in [7, 11) is 0. The van der Waals surface area contributed by atoms with Crippen LogP contribution >= 0.6 is 0 Å². The lowest BCUT2D eigenvalue weighted by Gasteiger charge is -2.36. The van der Waals surface area contributed by atoms with Gasteiger partial charge in [0.2, 0.25) is 0 Å². The third-order valence-corrected chi connectivity index (χ3v) is 4.13. The molecule has 0 amide bonds. The predicted octanol–water partition coefficient (Wildman–Crippen LogP) is 2.86. The molecule has 1 aromatic carbocycles. The molecule has 1 aliphatic heterocycles. The standard InChI is InChI=1S/C15H18O2/c16-14(13-11-17-13)15(9-5-2-6-10-15)12-7-3-1-4-8-12/h1,3-4,7-8,13H,2,5-6,9-11H2/t13-/m1/s1. The van der Waals surface area contributed by atoms with Gasteiger partial charge in [-0.05, 0) is 18.4 Å². The summed E-state index contributed by atoms with van der Waals surface area (Å²) < 4.78 is 5.22. The number of ketones is 1. The largest absolute Gasteiger partial charge is 0.365 e. The first-order valence-electron chi connectivity index (χ1n) is 6.54. The summed E-state index contributed by atoms with van der Waals surface area (Å²) in [6.07, 6.45) is 5.45. The van der Waals surface area contributed by atoms with E-state index in [0.29, 0.717) is 12.4 Å². The van der Waals surface area contributed by atoms with E-state index in [2.05, 4.69) is 12.1 Å². The minimum atomic E-state index is -0.249. The molecule has 1 heterocycles. The zero-order valence-electron chi connectivity index (χ0n) is 10.0. The lowest BCUT2D eigenvalue weighted by Crippen LogP contribution is -2.40. The quantitative estimate of drug-likeness (QED) is 0.747. The van der Waals surface area contributed by atoms with Crippen LogP contribution in [0.3, 0.4) is 0 Å². The van der Waals surface area contributed by atoms with Crippen LogP contribution in [0.25, 0.3) is 0 Å². The summed E-state index contributed by atoms with van der Waals surface area (Å²) in [6.45, 7) is 0.632. The summed E-state index contributed by atoms with van der Waals surface area (Å²) >= 11 is 0. The van der Waals surface area contributed by atoms with E-state index in [1.165, 1.54) is 12.0 Å². The number of hydrogen-bond donors (Lipinski definition) is 0. The van der Waals surface area contributed by atoms with Gasteiger partial charge in [0.15, 0.2) is 5.78 Å². The summed E-state index contributed by atoms with van der Waals surface area (Å²) in [5.41, 5.74) is 0.945. The summed E-state index contributed by atoms with van der Waals surface area (Å²) in [5.74, 6) is 0.323. The van der Waals surface area contributed by atoms with Gasteiger partial charge in [-0.1, -0.05) is 49.6 Å². The monoisotopic (exact) mass is 230 g/mol. The maximum Gasteiger partial charge on any atom is 0.174 e. The fraction of sp³-hybridized carbons (Fsp3) is 0.533. The van der Waals surface area contributed by atoms with Crippen molar-refractivity contribution in [2.24, 2.45) is 0 Å². The van der Waals surface area contributed by atoms with E-state index in [9.17, 15) is 4.79 Å². The van der Waals surface area contributed by atoms with Crippen LogP contribution in [0.4, 0.5) is 0 Å². The average Bonchev–Trinajstić information content (AvgIpc) is 3.24. The molecule has 2 heteroatoms. The Labute approximate surface area is 102 Å². The van der Waals surface area contributed by atoms with Crippen LogP contribution < -0.4 is 0 Å². The Morgan fingerprint density at radius 2 is 1.76 bits per heavy atom. The highest BCUT2D eigenvalue weighted by molar-refractivity contribution is 5.95. The molecule has 0 unspecified atom stereocenters. The van der Waals surface area contributed by atoms with E-state index in [1.807, 2.05) is 18.2 Å². The number of Topliss-reactive ketones (excluding diaryl/α,β-unsaturated/α-hetero) is 1. The van der Waals surface area contributed by atoms with Crippen LogP contribution in [0.15, 0.2) is 30.3 Å². The van der Waals surface area contributed by atoms with Gasteiger partial charge in [-0.3, -0.25) is 4.79 Å². The lowest BCUT2D eigenvalue weighted by atomic mass is 9.66. The van der Waals surface area contributed by atoms with Gasteiger partial charge < -0.3 is 4.74 Å². The van der Waals surface area contributed by atoms with Crippen molar-refractivity contribution in [3.05, 3.63) is 35.9 Å². The molecule has 2 fully saturated rings. The van der Waals surface area contributed by atoms with Crippen LogP contribution in [-0.2, 0) is 14.9 Å². The Bertz CT molecular complexity index is 400. The second-order valence-corrected chi connectivity index (χ2v) is 5.20. The lowest BCUT2D eigenvalue weighted by molar-refractivity contribution is -0.127. The molecule has 2 aliphatic rings. The van der Waals surface area contributed by atoms with Crippen LogP contribution in [0.1, 0.15) is 37.7 Å². The van der Waals surface area contributed by atoms with E-state index in [-0.39, 0.29) is 11.5 Å². The first-order chi connectivity index (χ1) is 8.33. The zero-order chi connectivity index (χ0) is 11.7. The van der Waals surface area contributed by atoms with Gasteiger partial charge in [0.1, 0.15) is 6.10 Å². The third kappa shape index (κ3) is 1.91. The van der Waals surface area contributed by atoms with Crippen LogP contribution in [0.2, 0.25) is 0 Å². The van der Waals surface area contributed by atoms with E-state index in [4.69, 9.17) is 4.74 Å². The van der Waals surface area contributed by atoms with Gasteiger partial charge >= 0.3 is 0 Å². The molecule has 3 rings (SSSR count). The highest BCUT2D eigenvalue weighted by Crippen LogP contribution is 2.42. The molecule has 0 N–H and O–H groups in total. The molecule has 17 heavy (non-hydrogen) atoms. The molecular weight excluding hydrogens is 212 g/mol. The van der Waals surface area contributed by atoms with Gasteiger partial charge in [0.05, 0.1) is 12.0 Å². The molecule has 1 saturated heterocycles. The molecular formula is C15H18O2. The first-order valence-corrected chi connectivity index (χ1v) is 6.54. The Hall–Kier alpha value is -1.15. The van der Waals surface area contributed by atoms with E-state index in [1.54, 1.807) is 0 Å². The maximum atomic E-state index is 12.6. The molecule has 0 spiro atoms. The molecule has 1 saturated carbocycles. The van der Waals surface area contributed by atoms with E-state index in [0.717, 1.165) is 25.7 Å². The minimum Gasteiger partial charge on any atom is -0.365 e. The molecule has 1 atom stereocenters. The second-order valence-electron chi connectivity index (χ2n) is 5.20. The summed E-state index contributed by atoms with van der Waals surface area (Å²) in [6, 6.07) is 10.3. The Morgan fingerprint density at radius 3 is 2.35 bits per heavy atom. The van der Waals surface area contributed by atoms with Crippen molar-refractivity contribution >= 4 is 5.78 Å². The molecule has 1 aliphatic carbocycles. The van der Waals surface area contributed by atoms with Gasteiger partial charge in [-0.15, -0.1) is 0 Å². The van der Waals surface area contributed by atoms with Gasteiger partial charge in [0, 0.05) is 0 Å². The first kappa shape index (κ1) is 11.0. The van der Waals surface area contributed by atoms with Crippen molar-refractivity contribution < 1.29 is 9.53 Å². The zero-order valence-corrected chi connectivity index (χ0v) is 10.0. The van der Waals surface area contributed by atoms with Gasteiger partial charge in [-0.2, -0.15) is 0 Å². The highest BCUT2D eigenvalue weighted by atomic mass is 16.6. The number of hydrogen-bond acceptors (Lipinski definition) is 2. The molecule has 0 bridgehead atoms. The fourth-order valence-corrected chi connectivity index (χ4v) is 3.10. The highest BCUT2D eigenvalue weighted by Gasteiger charge is 2.48. The second kappa shape index (κ2) is 4.26. The van der Waals surface area contributed by atoms with Crippen molar-refractivity contribution in [3.8, 4) is 0 Å². The molecule has 2 nitrogen and oxygen atoms in total. The van der Waals surface area contributed by atoms with Crippen molar-refractivity contribution in [3.63, 3.8) is 0 Å². The van der Waals surface area contributed by atoms with Crippen LogP contribution in [-0.4, -0.2) is 18.5 Å². The number of carbonyl (C=O) groups is 1. The minimum absolute atomic E-state index is 0.117. The van der Waals surface area contributed by atoms with Crippen LogP contribution in [0, 0.1) is 0 Å². The molecule has 90 valence electrons. The third-order valence-electron chi connectivity index (χ3n) is 4.13. The topological polar surface area (TPSA) is 29.6 Å². The van der Waals surface area contributed by atoms with E-state index < -0.39 is 0 Å². The SMILES string of the molecule is O=C([C@H]1CO1)C1(c2ccccc2)CCCCC1. The normalized spacial score (nSPS) is 26.5. The summed E-state index contributed by atoms with van der Waals surface area (Å²) in [4.78, 5) is 12.6. The van der Waals surface area contributed by atoms with Gasteiger partial charge in [-0.25, -0.2) is 0 Å². The number of benzene rings is 1. The molecule has 1 aromatic rings. The molecule has 0 radical (unpaired) electrons. The Kier molecular flexibility index (Phi) is 2.75. The fourth-order valence-electron chi connectivity index (χ4n) is 3.10. The number of epoxide rings is 1. The van der Waals surface area contributed by atoms with Crippen molar-refractivity contribution in [1.29, 1.82) is 0 Å². The van der Waals surface area contributed by atoms with Crippen molar-refractivity contribution in [2.45, 2.75) is 43.6 Å². The number of ether oxygens (including phenoxy) is 1. The summed E-state index contributed by atoms with van der Waals surface area (Å²) in [5, 5.41) is 0. The van der Waals surface area contributed by atoms with Crippen LogP contribution in [0.5, 0.6) is 0 Å². The number of carbonyl (C=O) groups excluding carboxylic acids is 1. The maximum absolute atomic E-state index is 12.6. The predicted molar refractivity (Wildman–Crippen MR) is 66.0 cm³/mol. The average molecular weight is 230 g/mol.